The first-order valence-corrected chi connectivity index (χ1v) is 4.54. The smallest absolute Gasteiger partial charge is 0.370 e. The number of carbonyl (C=O) groups excluding carboxylic acids is 1. The molecule has 0 aliphatic heterocycles. The molecule has 90 valence electrons. The van der Waals surface area contributed by atoms with Gasteiger partial charge >= 0.3 is 6.18 Å². The van der Waals surface area contributed by atoms with Gasteiger partial charge in [-0.05, 0) is 6.42 Å². The number of hydrogen-bond acceptors (Lipinski definition) is 3. The number of nitrogens with one attached hydrogen (secondary N) is 1. The summed E-state index contributed by atoms with van der Waals surface area (Å²) >= 11 is 0. The van der Waals surface area contributed by atoms with Gasteiger partial charge in [0, 0.05) is 6.54 Å². The molecule has 0 aromatic carbocycles. The fraction of sp³-hybridized carbons (Fsp3) is 0.875. The molecule has 0 aliphatic carbocycles. The number of ether oxygens (including phenoxy) is 1. The van der Waals surface area contributed by atoms with Gasteiger partial charge in [0.2, 0.25) is 5.91 Å². The van der Waals surface area contributed by atoms with Crippen molar-refractivity contribution in [1.29, 1.82) is 0 Å². The van der Waals surface area contributed by atoms with E-state index in [9.17, 15) is 18.0 Å². The van der Waals surface area contributed by atoms with E-state index in [2.05, 4.69) is 10.1 Å². The van der Waals surface area contributed by atoms with Crippen LogP contribution in [0.25, 0.3) is 0 Å². The largest absolute Gasteiger partial charge is 0.411 e. The van der Waals surface area contributed by atoms with Crippen molar-refractivity contribution in [3.05, 3.63) is 0 Å². The number of rotatable bonds is 6. The standard InChI is InChI=1S/C8H15F3N2O2/c1-2-6(12)7(14)13-3-4-15-5-8(9,10)11/h6H,2-5,12H2,1H3,(H,13,14). The first kappa shape index (κ1) is 14.2. The number of amides is 1. The van der Waals surface area contributed by atoms with Crippen molar-refractivity contribution in [1.82, 2.24) is 5.32 Å². The van der Waals surface area contributed by atoms with Crippen LogP contribution in [-0.4, -0.2) is 37.9 Å². The Morgan fingerprint density at radius 1 is 1.53 bits per heavy atom. The zero-order valence-corrected chi connectivity index (χ0v) is 8.43. The van der Waals surface area contributed by atoms with E-state index >= 15 is 0 Å². The summed E-state index contributed by atoms with van der Waals surface area (Å²) in [4.78, 5) is 11.0. The van der Waals surface area contributed by atoms with Crippen LogP contribution in [0.4, 0.5) is 13.2 Å². The maximum Gasteiger partial charge on any atom is 0.411 e. The highest BCUT2D eigenvalue weighted by molar-refractivity contribution is 5.81. The quantitative estimate of drug-likeness (QED) is 0.647. The van der Waals surface area contributed by atoms with E-state index in [1.807, 2.05) is 0 Å². The van der Waals surface area contributed by atoms with E-state index in [0.717, 1.165) is 0 Å². The average molecular weight is 228 g/mol. The van der Waals surface area contributed by atoms with Gasteiger partial charge in [-0.2, -0.15) is 13.2 Å². The maximum atomic E-state index is 11.6. The molecule has 7 heteroatoms. The summed E-state index contributed by atoms with van der Waals surface area (Å²) in [7, 11) is 0. The van der Waals surface area contributed by atoms with Gasteiger partial charge in [0.05, 0.1) is 12.6 Å². The predicted molar refractivity (Wildman–Crippen MR) is 48.2 cm³/mol. The molecular formula is C8H15F3N2O2. The SMILES string of the molecule is CCC(N)C(=O)NCCOCC(F)(F)F. The Morgan fingerprint density at radius 2 is 2.13 bits per heavy atom. The summed E-state index contributed by atoms with van der Waals surface area (Å²) in [5.74, 6) is -0.381. The molecule has 0 aliphatic rings. The van der Waals surface area contributed by atoms with Crippen molar-refractivity contribution in [2.45, 2.75) is 25.6 Å². The zero-order valence-electron chi connectivity index (χ0n) is 8.43. The molecule has 0 saturated heterocycles. The van der Waals surface area contributed by atoms with Gasteiger partial charge in [-0.1, -0.05) is 6.92 Å². The monoisotopic (exact) mass is 228 g/mol. The molecule has 0 aromatic heterocycles. The van der Waals surface area contributed by atoms with E-state index in [1.54, 1.807) is 6.92 Å². The second-order valence-electron chi connectivity index (χ2n) is 2.97. The van der Waals surface area contributed by atoms with Crippen molar-refractivity contribution in [2.75, 3.05) is 19.8 Å². The van der Waals surface area contributed by atoms with Crippen molar-refractivity contribution in [2.24, 2.45) is 5.73 Å². The molecule has 4 nitrogen and oxygen atoms in total. The van der Waals surface area contributed by atoms with Crippen LogP contribution in [0.1, 0.15) is 13.3 Å². The summed E-state index contributed by atoms with van der Waals surface area (Å²) in [5.41, 5.74) is 5.37. The van der Waals surface area contributed by atoms with Crippen molar-refractivity contribution >= 4 is 5.91 Å². The summed E-state index contributed by atoms with van der Waals surface area (Å²) in [5, 5.41) is 2.36. The van der Waals surface area contributed by atoms with Gasteiger partial charge in [0.1, 0.15) is 6.61 Å². The maximum absolute atomic E-state index is 11.6. The molecule has 0 spiro atoms. The Kier molecular flexibility index (Phi) is 6.26. The number of nitrogens with two attached hydrogens (primary N) is 1. The van der Waals surface area contributed by atoms with Gasteiger partial charge < -0.3 is 15.8 Å². The second-order valence-corrected chi connectivity index (χ2v) is 2.97. The Hall–Kier alpha value is -0.820. The number of halogens is 3. The molecule has 0 rings (SSSR count). The molecule has 3 N–H and O–H groups in total. The first-order valence-electron chi connectivity index (χ1n) is 4.54. The molecule has 0 fully saturated rings. The minimum absolute atomic E-state index is 0.0304. The average Bonchev–Trinajstić information content (AvgIpc) is 2.14. The molecule has 0 heterocycles. The van der Waals surface area contributed by atoms with Gasteiger partial charge in [0.25, 0.3) is 0 Å². The number of carbonyl (C=O) groups is 1. The van der Waals surface area contributed by atoms with E-state index in [0.29, 0.717) is 6.42 Å². The van der Waals surface area contributed by atoms with Crippen LogP contribution in [0.2, 0.25) is 0 Å². The Balaban J connectivity index is 3.43. The molecule has 1 atom stereocenters. The van der Waals surface area contributed by atoms with Crippen molar-refractivity contribution in [3.63, 3.8) is 0 Å². The highest BCUT2D eigenvalue weighted by Gasteiger charge is 2.27. The lowest BCUT2D eigenvalue weighted by Gasteiger charge is -2.11. The van der Waals surface area contributed by atoms with Gasteiger partial charge in [-0.25, -0.2) is 0 Å². The van der Waals surface area contributed by atoms with Gasteiger partial charge in [0.15, 0.2) is 0 Å². The molecule has 1 amide bonds. The topological polar surface area (TPSA) is 64.4 Å². The van der Waals surface area contributed by atoms with Crippen LogP contribution in [0, 0.1) is 0 Å². The first-order chi connectivity index (χ1) is 6.87. The predicted octanol–water partition coefficient (Wildman–Crippen LogP) is 0.419. The third kappa shape index (κ3) is 8.19. The van der Waals surface area contributed by atoms with Crippen LogP contribution in [-0.2, 0) is 9.53 Å². The van der Waals surface area contributed by atoms with Crippen molar-refractivity contribution in [3.8, 4) is 0 Å². The summed E-state index contributed by atoms with van der Waals surface area (Å²) in [6.07, 6.45) is -3.85. The Morgan fingerprint density at radius 3 is 2.60 bits per heavy atom. The third-order valence-electron chi connectivity index (χ3n) is 1.59. The zero-order chi connectivity index (χ0) is 11.9. The van der Waals surface area contributed by atoms with E-state index < -0.39 is 18.8 Å². The minimum Gasteiger partial charge on any atom is -0.370 e. The number of alkyl halides is 3. The Bertz CT molecular complexity index is 197. The normalized spacial score (nSPS) is 13.7. The fourth-order valence-corrected chi connectivity index (χ4v) is 0.751. The Labute approximate surface area is 86.0 Å². The molecule has 0 saturated carbocycles. The number of hydrogen-bond donors (Lipinski definition) is 2. The molecular weight excluding hydrogens is 213 g/mol. The van der Waals surface area contributed by atoms with Crippen LogP contribution >= 0.6 is 0 Å². The van der Waals surface area contributed by atoms with E-state index in [1.165, 1.54) is 0 Å². The fourth-order valence-electron chi connectivity index (χ4n) is 0.751. The summed E-state index contributed by atoms with van der Waals surface area (Å²) in [6, 6.07) is -0.618. The van der Waals surface area contributed by atoms with Crippen LogP contribution in [0.5, 0.6) is 0 Å². The van der Waals surface area contributed by atoms with Crippen LogP contribution < -0.4 is 11.1 Å². The molecule has 0 aromatic rings. The van der Waals surface area contributed by atoms with Gasteiger partial charge in [-0.3, -0.25) is 4.79 Å². The highest BCUT2D eigenvalue weighted by Crippen LogP contribution is 2.13. The van der Waals surface area contributed by atoms with Crippen LogP contribution in [0.3, 0.4) is 0 Å². The second kappa shape index (κ2) is 6.62. The summed E-state index contributed by atoms with van der Waals surface area (Å²) < 4.78 is 39.1. The van der Waals surface area contributed by atoms with E-state index in [4.69, 9.17) is 5.73 Å². The minimum atomic E-state index is -4.33. The van der Waals surface area contributed by atoms with Crippen LogP contribution in [0.15, 0.2) is 0 Å². The molecule has 15 heavy (non-hydrogen) atoms. The highest BCUT2D eigenvalue weighted by atomic mass is 19.4. The van der Waals surface area contributed by atoms with E-state index in [-0.39, 0.29) is 19.1 Å². The van der Waals surface area contributed by atoms with Gasteiger partial charge in [-0.15, -0.1) is 0 Å². The lowest BCUT2D eigenvalue weighted by atomic mass is 10.2. The lowest BCUT2D eigenvalue weighted by Crippen LogP contribution is -2.41. The third-order valence-corrected chi connectivity index (χ3v) is 1.59. The lowest BCUT2D eigenvalue weighted by molar-refractivity contribution is -0.173. The molecule has 0 bridgehead atoms. The molecule has 1 unspecified atom stereocenters. The summed E-state index contributed by atoms with van der Waals surface area (Å²) in [6.45, 7) is 0.289. The van der Waals surface area contributed by atoms with Crippen molar-refractivity contribution < 1.29 is 22.7 Å². The molecule has 0 radical (unpaired) electrons.